The summed E-state index contributed by atoms with van der Waals surface area (Å²) in [5.41, 5.74) is 1.87. The van der Waals surface area contributed by atoms with E-state index >= 15 is 0 Å². The summed E-state index contributed by atoms with van der Waals surface area (Å²) in [7, 11) is 1.83. The summed E-state index contributed by atoms with van der Waals surface area (Å²) in [6, 6.07) is 5.80. The molecule has 1 amide bonds. The minimum atomic E-state index is -0.00504. The second kappa shape index (κ2) is 9.64. The number of hydrogen-bond donors (Lipinski definition) is 2. The molecule has 1 rings (SSSR count). The lowest BCUT2D eigenvalue weighted by molar-refractivity contribution is -0.116. The number of amides is 1. The van der Waals surface area contributed by atoms with E-state index in [-0.39, 0.29) is 18.3 Å². The fraction of sp³-hybridized carbons (Fsp3) is 0.500. The van der Waals surface area contributed by atoms with Gasteiger partial charge in [-0.1, -0.05) is 13.0 Å². The molecule has 0 saturated carbocycles. The van der Waals surface area contributed by atoms with Crippen LogP contribution in [0.3, 0.4) is 0 Å². The fourth-order valence-corrected chi connectivity index (χ4v) is 1.52. The molecular formula is C14H23ClN2O2. The van der Waals surface area contributed by atoms with Crippen molar-refractivity contribution in [2.24, 2.45) is 0 Å². The Balaban J connectivity index is 0.00000324. The van der Waals surface area contributed by atoms with Crippen molar-refractivity contribution in [1.82, 2.24) is 5.32 Å². The molecule has 0 spiro atoms. The van der Waals surface area contributed by atoms with Crippen LogP contribution in [-0.2, 0) is 4.79 Å². The van der Waals surface area contributed by atoms with Gasteiger partial charge in [0.25, 0.3) is 0 Å². The lowest BCUT2D eigenvalue weighted by Crippen LogP contribution is -2.19. The van der Waals surface area contributed by atoms with Crippen LogP contribution in [0.15, 0.2) is 18.2 Å². The van der Waals surface area contributed by atoms with Gasteiger partial charge in [0.05, 0.1) is 12.3 Å². The monoisotopic (exact) mass is 286 g/mol. The molecular weight excluding hydrogens is 264 g/mol. The third-order valence-electron chi connectivity index (χ3n) is 2.47. The van der Waals surface area contributed by atoms with Crippen molar-refractivity contribution in [2.75, 3.05) is 25.5 Å². The van der Waals surface area contributed by atoms with Gasteiger partial charge in [-0.25, -0.2) is 0 Å². The van der Waals surface area contributed by atoms with Gasteiger partial charge in [-0.3, -0.25) is 4.79 Å². The predicted molar refractivity (Wildman–Crippen MR) is 81.4 cm³/mol. The maximum Gasteiger partial charge on any atom is 0.225 e. The zero-order valence-corrected chi connectivity index (χ0v) is 12.6. The van der Waals surface area contributed by atoms with Crippen molar-refractivity contribution in [1.29, 1.82) is 0 Å². The molecule has 0 aliphatic carbocycles. The van der Waals surface area contributed by atoms with Crippen molar-refractivity contribution in [3.05, 3.63) is 23.8 Å². The van der Waals surface area contributed by atoms with Crippen molar-refractivity contribution < 1.29 is 9.53 Å². The van der Waals surface area contributed by atoms with Crippen LogP contribution in [0.4, 0.5) is 5.69 Å². The van der Waals surface area contributed by atoms with E-state index in [1.165, 1.54) is 0 Å². The van der Waals surface area contributed by atoms with E-state index in [0.717, 1.165) is 23.4 Å². The SMILES string of the molecule is CCCOc1cc(C)ccc1NC(=O)CCNC.Cl. The highest BCUT2D eigenvalue weighted by molar-refractivity contribution is 5.92. The molecule has 108 valence electrons. The zero-order chi connectivity index (χ0) is 13.4. The zero-order valence-electron chi connectivity index (χ0n) is 11.8. The van der Waals surface area contributed by atoms with E-state index in [2.05, 4.69) is 17.6 Å². The van der Waals surface area contributed by atoms with Crippen molar-refractivity contribution in [3.63, 3.8) is 0 Å². The quantitative estimate of drug-likeness (QED) is 0.810. The van der Waals surface area contributed by atoms with Gasteiger partial charge >= 0.3 is 0 Å². The van der Waals surface area contributed by atoms with Crippen molar-refractivity contribution in [3.8, 4) is 5.75 Å². The summed E-state index contributed by atoms with van der Waals surface area (Å²) in [6.45, 7) is 5.39. The number of aryl methyl sites for hydroxylation is 1. The lowest BCUT2D eigenvalue weighted by atomic mass is 10.2. The maximum atomic E-state index is 11.7. The largest absolute Gasteiger partial charge is 0.491 e. The Morgan fingerprint density at radius 1 is 1.37 bits per heavy atom. The molecule has 0 aliphatic rings. The molecule has 0 bridgehead atoms. The molecule has 0 unspecified atom stereocenters. The Labute approximate surface area is 121 Å². The van der Waals surface area contributed by atoms with Gasteiger partial charge in [0.2, 0.25) is 5.91 Å². The molecule has 0 fully saturated rings. The number of ether oxygens (including phenoxy) is 1. The first kappa shape index (κ1) is 17.7. The minimum absolute atomic E-state index is 0. The smallest absolute Gasteiger partial charge is 0.225 e. The highest BCUT2D eigenvalue weighted by Gasteiger charge is 2.07. The Bertz CT molecular complexity index is 397. The van der Waals surface area contributed by atoms with Gasteiger partial charge in [-0.15, -0.1) is 12.4 Å². The molecule has 0 aromatic heterocycles. The van der Waals surface area contributed by atoms with Gasteiger partial charge in [0.1, 0.15) is 5.75 Å². The summed E-state index contributed by atoms with van der Waals surface area (Å²) in [5.74, 6) is 0.740. The molecule has 1 aromatic carbocycles. The number of anilines is 1. The summed E-state index contributed by atoms with van der Waals surface area (Å²) in [4.78, 5) is 11.7. The first-order valence-corrected chi connectivity index (χ1v) is 6.35. The van der Waals surface area contributed by atoms with Crippen LogP contribution in [0, 0.1) is 6.92 Å². The first-order chi connectivity index (χ1) is 8.67. The highest BCUT2D eigenvalue weighted by Crippen LogP contribution is 2.26. The summed E-state index contributed by atoms with van der Waals surface area (Å²) in [5, 5.41) is 5.83. The number of carbonyl (C=O) groups is 1. The van der Waals surface area contributed by atoms with Crippen molar-refractivity contribution >= 4 is 24.0 Å². The molecule has 0 aliphatic heterocycles. The van der Waals surface area contributed by atoms with Crippen LogP contribution in [0.25, 0.3) is 0 Å². The van der Waals surface area contributed by atoms with Gasteiger partial charge in [0.15, 0.2) is 0 Å². The summed E-state index contributed by atoms with van der Waals surface area (Å²) < 4.78 is 5.64. The summed E-state index contributed by atoms with van der Waals surface area (Å²) >= 11 is 0. The number of rotatable bonds is 7. The minimum Gasteiger partial charge on any atom is -0.491 e. The van der Waals surface area contributed by atoms with Crippen LogP contribution in [0.1, 0.15) is 25.3 Å². The van der Waals surface area contributed by atoms with Crippen LogP contribution in [0.5, 0.6) is 5.75 Å². The topological polar surface area (TPSA) is 50.4 Å². The average Bonchev–Trinajstić information content (AvgIpc) is 2.36. The molecule has 5 heteroatoms. The second-order valence-corrected chi connectivity index (χ2v) is 4.25. The van der Waals surface area contributed by atoms with Crippen LogP contribution < -0.4 is 15.4 Å². The van der Waals surface area contributed by atoms with Crippen molar-refractivity contribution in [2.45, 2.75) is 26.7 Å². The van der Waals surface area contributed by atoms with Crippen LogP contribution in [0.2, 0.25) is 0 Å². The van der Waals surface area contributed by atoms with Gasteiger partial charge in [-0.2, -0.15) is 0 Å². The Hall–Kier alpha value is -1.26. The maximum absolute atomic E-state index is 11.7. The number of halogens is 1. The van der Waals surface area contributed by atoms with Crippen LogP contribution >= 0.6 is 12.4 Å². The van der Waals surface area contributed by atoms with Crippen LogP contribution in [-0.4, -0.2) is 26.1 Å². The third kappa shape index (κ3) is 6.45. The molecule has 4 nitrogen and oxygen atoms in total. The number of carbonyl (C=O) groups excluding carboxylic acids is 1. The van der Waals surface area contributed by atoms with E-state index in [4.69, 9.17) is 4.74 Å². The average molecular weight is 287 g/mol. The molecule has 0 saturated heterocycles. The highest BCUT2D eigenvalue weighted by atomic mass is 35.5. The number of benzene rings is 1. The van der Waals surface area contributed by atoms with E-state index in [9.17, 15) is 4.79 Å². The number of hydrogen-bond acceptors (Lipinski definition) is 3. The molecule has 0 radical (unpaired) electrons. The molecule has 0 heterocycles. The van der Waals surface area contributed by atoms with E-state index in [1.807, 2.05) is 32.2 Å². The molecule has 1 aromatic rings. The third-order valence-corrected chi connectivity index (χ3v) is 2.47. The van der Waals surface area contributed by atoms with E-state index < -0.39 is 0 Å². The normalized spacial score (nSPS) is 9.63. The Kier molecular flexibility index (Phi) is 9.00. The second-order valence-electron chi connectivity index (χ2n) is 4.25. The number of nitrogens with one attached hydrogen (secondary N) is 2. The van der Waals surface area contributed by atoms with Gasteiger partial charge in [-0.05, 0) is 38.1 Å². The van der Waals surface area contributed by atoms with Gasteiger partial charge in [0, 0.05) is 13.0 Å². The van der Waals surface area contributed by atoms with E-state index in [0.29, 0.717) is 19.6 Å². The first-order valence-electron chi connectivity index (χ1n) is 6.35. The fourth-order valence-electron chi connectivity index (χ4n) is 1.52. The Morgan fingerprint density at radius 2 is 2.11 bits per heavy atom. The predicted octanol–water partition coefficient (Wildman–Crippen LogP) is 2.75. The summed E-state index contributed by atoms with van der Waals surface area (Å²) in [6.07, 6.45) is 1.40. The molecule has 2 N–H and O–H groups in total. The molecule has 19 heavy (non-hydrogen) atoms. The molecule has 0 atom stereocenters. The Morgan fingerprint density at radius 3 is 2.74 bits per heavy atom. The van der Waals surface area contributed by atoms with E-state index in [1.54, 1.807) is 0 Å². The van der Waals surface area contributed by atoms with Gasteiger partial charge < -0.3 is 15.4 Å². The lowest BCUT2D eigenvalue weighted by Gasteiger charge is -2.13. The standard InChI is InChI=1S/C14H22N2O2.ClH/c1-4-9-18-13-10-11(2)5-6-12(13)16-14(17)7-8-15-3;/h5-6,10,15H,4,7-9H2,1-3H3,(H,16,17);1H.